The van der Waals surface area contributed by atoms with Crippen LogP contribution >= 0.6 is 12.4 Å². The van der Waals surface area contributed by atoms with E-state index in [-0.39, 0.29) is 24.2 Å². The number of rotatable bonds is 10. The van der Waals surface area contributed by atoms with E-state index in [1.54, 1.807) is 12.1 Å². The SMILES string of the molecule is CC(CCCN(C)c1ccccc1)NCC(O)c1ccc(O)c(S(C)=O)c1.Cl. The molecule has 2 rings (SSSR count). The fraction of sp³-hybridized carbons (Fsp3) is 0.429. The van der Waals surface area contributed by atoms with Crippen molar-refractivity contribution in [3.63, 3.8) is 0 Å². The van der Waals surface area contributed by atoms with Crippen molar-refractivity contribution in [1.82, 2.24) is 5.32 Å². The first-order chi connectivity index (χ1) is 12.9. The second-order valence-corrected chi connectivity index (χ2v) is 8.25. The molecule has 7 heteroatoms. The third-order valence-electron chi connectivity index (χ3n) is 4.67. The predicted octanol–water partition coefficient (Wildman–Crippen LogP) is 3.48. The molecule has 0 saturated heterocycles. The lowest BCUT2D eigenvalue weighted by Crippen LogP contribution is -2.31. The summed E-state index contributed by atoms with van der Waals surface area (Å²) >= 11 is 0. The molecule has 5 nitrogen and oxygen atoms in total. The number of aliphatic hydroxyl groups is 1. The lowest BCUT2D eigenvalue weighted by atomic mass is 10.1. The smallest absolute Gasteiger partial charge is 0.131 e. The number of halogens is 1. The van der Waals surface area contributed by atoms with Gasteiger partial charge in [0, 0.05) is 38.1 Å². The molecule has 156 valence electrons. The maximum Gasteiger partial charge on any atom is 0.131 e. The summed E-state index contributed by atoms with van der Waals surface area (Å²) in [7, 11) is 0.803. The standard InChI is InChI=1S/C21H30N2O3S.ClH/c1-16(8-7-13-23(2)18-9-5-4-6-10-18)22-15-20(25)17-11-12-19(24)21(14-17)27(3)26;/h4-6,9-12,14,16,20,22,24-25H,7-8,13,15H2,1-3H3;1H. The summed E-state index contributed by atoms with van der Waals surface area (Å²) in [5.74, 6) is -0.00403. The largest absolute Gasteiger partial charge is 0.507 e. The summed E-state index contributed by atoms with van der Waals surface area (Å²) < 4.78 is 11.6. The zero-order chi connectivity index (χ0) is 19.8. The van der Waals surface area contributed by atoms with E-state index in [0.717, 1.165) is 19.4 Å². The normalized spacial score (nSPS) is 14.0. The van der Waals surface area contributed by atoms with Crippen LogP contribution in [0.4, 0.5) is 5.69 Å². The lowest BCUT2D eigenvalue weighted by molar-refractivity contribution is 0.169. The van der Waals surface area contributed by atoms with Crippen molar-refractivity contribution < 1.29 is 14.4 Å². The molecule has 0 aromatic heterocycles. The highest BCUT2D eigenvalue weighted by molar-refractivity contribution is 7.84. The van der Waals surface area contributed by atoms with E-state index >= 15 is 0 Å². The molecule has 0 radical (unpaired) electrons. The first kappa shape index (κ1) is 24.4. The van der Waals surface area contributed by atoms with Crippen LogP contribution in [-0.4, -0.2) is 46.9 Å². The summed E-state index contributed by atoms with van der Waals surface area (Å²) in [5, 5.41) is 23.5. The van der Waals surface area contributed by atoms with E-state index in [4.69, 9.17) is 0 Å². The van der Waals surface area contributed by atoms with Crippen molar-refractivity contribution in [2.75, 3.05) is 31.3 Å². The van der Waals surface area contributed by atoms with Gasteiger partial charge in [0.2, 0.25) is 0 Å². The molecule has 0 saturated carbocycles. The van der Waals surface area contributed by atoms with Gasteiger partial charge in [0.15, 0.2) is 0 Å². The van der Waals surface area contributed by atoms with Crippen molar-refractivity contribution in [3.8, 4) is 5.75 Å². The van der Waals surface area contributed by atoms with Crippen LogP contribution in [0.3, 0.4) is 0 Å². The monoisotopic (exact) mass is 426 g/mol. The van der Waals surface area contributed by atoms with Gasteiger partial charge in [0.25, 0.3) is 0 Å². The van der Waals surface area contributed by atoms with Gasteiger partial charge >= 0.3 is 0 Å². The molecule has 0 spiro atoms. The Morgan fingerprint density at radius 2 is 1.86 bits per heavy atom. The summed E-state index contributed by atoms with van der Waals surface area (Å²) in [4.78, 5) is 2.59. The quantitative estimate of drug-likeness (QED) is 0.542. The number of nitrogens with zero attached hydrogens (tertiary/aromatic N) is 1. The molecule has 2 aromatic carbocycles. The van der Waals surface area contributed by atoms with Gasteiger partial charge in [-0.05, 0) is 49.6 Å². The van der Waals surface area contributed by atoms with Crippen LogP contribution in [0.25, 0.3) is 0 Å². The summed E-state index contributed by atoms with van der Waals surface area (Å²) in [6.07, 6.45) is 2.86. The Balaban J connectivity index is 0.00000392. The molecule has 0 aliphatic rings. The van der Waals surface area contributed by atoms with Crippen LogP contribution in [0, 0.1) is 0 Å². The third kappa shape index (κ3) is 7.43. The van der Waals surface area contributed by atoms with E-state index in [1.807, 2.05) is 18.2 Å². The fourth-order valence-corrected chi connectivity index (χ4v) is 3.61. The fourth-order valence-electron chi connectivity index (χ4n) is 2.95. The molecule has 28 heavy (non-hydrogen) atoms. The van der Waals surface area contributed by atoms with Crippen LogP contribution in [-0.2, 0) is 10.8 Å². The first-order valence-corrected chi connectivity index (χ1v) is 10.8. The van der Waals surface area contributed by atoms with Gasteiger partial charge in [0.05, 0.1) is 21.8 Å². The van der Waals surface area contributed by atoms with Crippen LogP contribution in [0.2, 0.25) is 0 Å². The molecule has 0 aliphatic heterocycles. The van der Waals surface area contributed by atoms with Gasteiger partial charge < -0.3 is 20.4 Å². The van der Waals surface area contributed by atoms with Gasteiger partial charge in [-0.3, -0.25) is 4.21 Å². The van der Waals surface area contributed by atoms with Crippen LogP contribution in [0.15, 0.2) is 53.4 Å². The van der Waals surface area contributed by atoms with Crippen LogP contribution < -0.4 is 10.2 Å². The Morgan fingerprint density at radius 1 is 1.18 bits per heavy atom. The van der Waals surface area contributed by atoms with Gasteiger partial charge in [-0.15, -0.1) is 12.4 Å². The Hall–Kier alpha value is -1.60. The lowest BCUT2D eigenvalue weighted by Gasteiger charge is -2.21. The number of anilines is 1. The van der Waals surface area contributed by atoms with E-state index in [9.17, 15) is 14.4 Å². The number of hydrogen-bond acceptors (Lipinski definition) is 5. The maximum absolute atomic E-state index is 11.6. The molecule has 2 aromatic rings. The van der Waals surface area contributed by atoms with Gasteiger partial charge in [-0.1, -0.05) is 24.3 Å². The number of benzene rings is 2. The topological polar surface area (TPSA) is 72.8 Å². The zero-order valence-corrected chi connectivity index (χ0v) is 18.3. The average molecular weight is 427 g/mol. The van der Waals surface area contributed by atoms with E-state index in [0.29, 0.717) is 17.0 Å². The van der Waals surface area contributed by atoms with Gasteiger partial charge in [-0.2, -0.15) is 0 Å². The first-order valence-electron chi connectivity index (χ1n) is 9.22. The van der Waals surface area contributed by atoms with Crippen molar-refractivity contribution in [3.05, 3.63) is 54.1 Å². The van der Waals surface area contributed by atoms with E-state index in [2.05, 4.69) is 36.3 Å². The zero-order valence-electron chi connectivity index (χ0n) is 16.7. The Bertz CT molecular complexity index is 746. The van der Waals surface area contributed by atoms with Crippen molar-refractivity contribution in [2.24, 2.45) is 0 Å². The number of nitrogens with one attached hydrogen (secondary N) is 1. The van der Waals surface area contributed by atoms with Crippen LogP contribution in [0.5, 0.6) is 5.75 Å². The van der Waals surface area contributed by atoms with Crippen molar-refractivity contribution >= 4 is 28.9 Å². The second kappa shape index (κ2) is 12.1. The Labute approximate surface area is 176 Å². The summed E-state index contributed by atoms with van der Waals surface area (Å²) in [6, 6.07) is 15.3. The number of aliphatic hydroxyl groups excluding tert-OH is 1. The number of phenolic OH excluding ortho intramolecular Hbond substituents is 1. The highest BCUT2D eigenvalue weighted by Crippen LogP contribution is 2.24. The minimum absolute atomic E-state index is 0. The highest BCUT2D eigenvalue weighted by Gasteiger charge is 2.13. The maximum atomic E-state index is 11.6. The van der Waals surface area contributed by atoms with E-state index in [1.165, 1.54) is 18.0 Å². The Morgan fingerprint density at radius 3 is 2.50 bits per heavy atom. The highest BCUT2D eigenvalue weighted by atomic mass is 35.5. The molecular weight excluding hydrogens is 396 g/mol. The number of para-hydroxylation sites is 1. The third-order valence-corrected chi connectivity index (χ3v) is 5.61. The number of phenols is 1. The molecule has 0 heterocycles. The minimum Gasteiger partial charge on any atom is -0.507 e. The predicted molar refractivity (Wildman–Crippen MR) is 119 cm³/mol. The molecule has 0 amide bonds. The molecular formula is C21H31ClN2O3S. The van der Waals surface area contributed by atoms with Crippen molar-refractivity contribution in [1.29, 1.82) is 0 Å². The second-order valence-electron chi connectivity index (χ2n) is 6.91. The van der Waals surface area contributed by atoms with Crippen molar-refractivity contribution in [2.45, 2.75) is 36.8 Å². The molecule has 0 aliphatic carbocycles. The average Bonchev–Trinajstić information content (AvgIpc) is 2.66. The summed E-state index contributed by atoms with van der Waals surface area (Å²) in [6.45, 7) is 3.50. The molecule has 3 N–H and O–H groups in total. The summed E-state index contributed by atoms with van der Waals surface area (Å²) in [5.41, 5.74) is 1.87. The number of hydrogen-bond donors (Lipinski definition) is 3. The number of aromatic hydroxyl groups is 1. The van der Waals surface area contributed by atoms with E-state index < -0.39 is 16.9 Å². The molecule has 0 bridgehead atoms. The van der Waals surface area contributed by atoms with Crippen LogP contribution in [0.1, 0.15) is 31.4 Å². The molecule has 0 fully saturated rings. The molecule has 3 atom stereocenters. The van der Waals surface area contributed by atoms with Gasteiger partial charge in [0.1, 0.15) is 5.75 Å². The Kier molecular flexibility index (Phi) is 10.5. The minimum atomic E-state index is -1.29. The van der Waals surface area contributed by atoms with Gasteiger partial charge in [-0.25, -0.2) is 0 Å². The molecule has 3 unspecified atom stereocenters.